The first-order chi connectivity index (χ1) is 9.53. The van der Waals surface area contributed by atoms with Crippen LogP contribution in [0.1, 0.15) is 44.9 Å². The zero-order chi connectivity index (χ0) is 14.3. The van der Waals surface area contributed by atoms with Crippen LogP contribution in [0.2, 0.25) is 0 Å². The van der Waals surface area contributed by atoms with Gasteiger partial charge in [0.15, 0.2) is 0 Å². The molecular formula is C16H22BrN3. The Balaban J connectivity index is 1.99. The molecule has 3 rings (SSSR count). The van der Waals surface area contributed by atoms with Crippen LogP contribution in [0.3, 0.4) is 0 Å². The largest absolute Gasteiger partial charge is 0.330 e. The standard InChI is InChI=1S/C16H22BrN3/c1-3-11-6-8-16(18,9-7-11)15-19-13-10-12(17)4-5-14(13)20(15)2/h4-5,10-11H,3,6-9,18H2,1-2H3. The second kappa shape index (κ2) is 5.15. The van der Waals surface area contributed by atoms with Crippen LogP contribution >= 0.6 is 15.9 Å². The Hall–Kier alpha value is -0.870. The summed E-state index contributed by atoms with van der Waals surface area (Å²) in [4.78, 5) is 4.83. The third-order valence-corrected chi connectivity index (χ3v) is 5.36. The highest BCUT2D eigenvalue weighted by atomic mass is 79.9. The van der Waals surface area contributed by atoms with Gasteiger partial charge in [0.25, 0.3) is 0 Å². The zero-order valence-corrected chi connectivity index (χ0v) is 13.8. The molecule has 1 heterocycles. The molecule has 108 valence electrons. The summed E-state index contributed by atoms with van der Waals surface area (Å²) in [6.07, 6.45) is 5.80. The number of fused-ring (bicyclic) bond motifs is 1. The maximum atomic E-state index is 6.70. The molecule has 20 heavy (non-hydrogen) atoms. The van der Waals surface area contributed by atoms with Gasteiger partial charge in [-0.1, -0.05) is 29.3 Å². The molecule has 1 aromatic heterocycles. The van der Waals surface area contributed by atoms with Crippen molar-refractivity contribution in [3.05, 3.63) is 28.5 Å². The molecule has 1 saturated carbocycles. The van der Waals surface area contributed by atoms with E-state index < -0.39 is 0 Å². The van der Waals surface area contributed by atoms with Crippen LogP contribution in [-0.2, 0) is 12.6 Å². The zero-order valence-electron chi connectivity index (χ0n) is 12.2. The molecule has 4 heteroatoms. The number of halogens is 1. The first-order valence-corrected chi connectivity index (χ1v) is 8.24. The molecule has 0 spiro atoms. The molecule has 0 aliphatic heterocycles. The molecule has 1 aliphatic carbocycles. The van der Waals surface area contributed by atoms with Crippen LogP contribution in [0.25, 0.3) is 11.0 Å². The Kier molecular flexibility index (Phi) is 3.63. The van der Waals surface area contributed by atoms with Crippen LogP contribution in [-0.4, -0.2) is 9.55 Å². The van der Waals surface area contributed by atoms with Gasteiger partial charge in [-0.3, -0.25) is 0 Å². The van der Waals surface area contributed by atoms with Gasteiger partial charge in [-0.25, -0.2) is 4.98 Å². The van der Waals surface area contributed by atoms with Crippen LogP contribution in [0.4, 0.5) is 0 Å². The van der Waals surface area contributed by atoms with Gasteiger partial charge in [0, 0.05) is 11.5 Å². The number of aromatic nitrogens is 2. The molecule has 2 N–H and O–H groups in total. The third kappa shape index (κ3) is 2.29. The van der Waals surface area contributed by atoms with Crippen LogP contribution in [0.5, 0.6) is 0 Å². The van der Waals surface area contributed by atoms with E-state index in [1.54, 1.807) is 0 Å². The second-order valence-corrected chi connectivity index (χ2v) is 7.05. The number of hydrogen-bond donors (Lipinski definition) is 1. The number of rotatable bonds is 2. The molecule has 1 fully saturated rings. The van der Waals surface area contributed by atoms with Gasteiger partial charge in [0.1, 0.15) is 5.82 Å². The summed E-state index contributed by atoms with van der Waals surface area (Å²) in [5, 5.41) is 0. The Labute approximate surface area is 128 Å². The number of imidazole rings is 1. The molecule has 1 aliphatic rings. The molecule has 3 nitrogen and oxygen atoms in total. The Morgan fingerprint density at radius 3 is 2.75 bits per heavy atom. The lowest BCUT2D eigenvalue weighted by Crippen LogP contribution is -2.42. The summed E-state index contributed by atoms with van der Waals surface area (Å²) in [6, 6.07) is 6.24. The van der Waals surface area contributed by atoms with Gasteiger partial charge < -0.3 is 10.3 Å². The van der Waals surface area contributed by atoms with E-state index in [9.17, 15) is 0 Å². The van der Waals surface area contributed by atoms with Crippen LogP contribution < -0.4 is 5.73 Å². The van der Waals surface area contributed by atoms with Crippen molar-refractivity contribution in [2.75, 3.05) is 0 Å². The Morgan fingerprint density at radius 2 is 2.10 bits per heavy atom. The molecule has 0 bridgehead atoms. The van der Waals surface area contributed by atoms with Crippen molar-refractivity contribution in [2.45, 2.75) is 44.6 Å². The van der Waals surface area contributed by atoms with Crippen LogP contribution in [0.15, 0.2) is 22.7 Å². The van der Waals surface area contributed by atoms with E-state index in [0.717, 1.165) is 40.1 Å². The monoisotopic (exact) mass is 335 g/mol. The van der Waals surface area contributed by atoms with Crippen LogP contribution in [0, 0.1) is 5.92 Å². The van der Waals surface area contributed by atoms with Gasteiger partial charge in [0.2, 0.25) is 0 Å². The maximum Gasteiger partial charge on any atom is 0.129 e. The van der Waals surface area contributed by atoms with Gasteiger partial charge in [-0.2, -0.15) is 0 Å². The van der Waals surface area contributed by atoms with Gasteiger partial charge in [-0.15, -0.1) is 0 Å². The average Bonchev–Trinajstić information content (AvgIpc) is 2.77. The first kappa shape index (κ1) is 14.1. The van der Waals surface area contributed by atoms with Crippen molar-refractivity contribution in [2.24, 2.45) is 18.7 Å². The second-order valence-electron chi connectivity index (χ2n) is 6.14. The minimum atomic E-state index is -0.258. The SMILES string of the molecule is CCC1CCC(N)(c2nc3cc(Br)ccc3n2C)CC1. The number of benzene rings is 1. The summed E-state index contributed by atoms with van der Waals surface area (Å²) < 4.78 is 3.24. The lowest BCUT2D eigenvalue weighted by Gasteiger charge is -2.36. The highest BCUT2D eigenvalue weighted by Gasteiger charge is 2.36. The fourth-order valence-electron chi connectivity index (χ4n) is 3.44. The molecule has 0 amide bonds. The van der Waals surface area contributed by atoms with Gasteiger partial charge >= 0.3 is 0 Å². The number of nitrogens with zero attached hydrogens (tertiary/aromatic N) is 2. The Morgan fingerprint density at radius 1 is 1.40 bits per heavy atom. The quantitative estimate of drug-likeness (QED) is 0.898. The van der Waals surface area contributed by atoms with E-state index in [-0.39, 0.29) is 5.54 Å². The molecule has 0 unspecified atom stereocenters. The Bertz CT molecular complexity index is 624. The van der Waals surface area contributed by atoms with Crippen molar-refractivity contribution in [3.63, 3.8) is 0 Å². The molecule has 2 aromatic rings. The summed E-state index contributed by atoms with van der Waals surface area (Å²) in [7, 11) is 2.08. The minimum absolute atomic E-state index is 0.258. The minimum Gasteiger partial charge on any atom is -0.330 e. The maximum absolute atomic E-state index is 6.70. The van der Waals surface area contributed by atoms with E-state index in [0.29, 0.717) is 0 Å². The smallest absolute Gasteiger partial charge is 0.129 e. The van der Waals surface area contributed by atoms with Crippen molar-refractivity contribution in [1.82, 2.24) is 9.55 Å². The molecule has 0 atom stereocenters. The highest BCUT2D eigenvalue weighted by Crippen LogP contribution is 2.39. The first-order valence-electron chi connectivity index (χ1n) is 7.45. The molecular weight excluding hydrogens is 314 g/mol. The summed E-state index contributed by atoms with van der Waals surface area (Å²) in [5.74, 6) is 1.88. The van der Waals surface area contributed by atoms with E-state index >= 15 is 0 Å². The average molecular weight is 336 g/mol. The topological polar surface area (TPSA) is 43.8 Å². The summed E-state index contributed by atoms with van der Waals surface area (Å²) >= 11 is 3.51. The van der Waals surface area contributed by atoms with E-state index in [4.69, 9.17) is 10.7 Å². The van der Waals surface area contributed by atoms with Gasteiger partial charge in [-0.05, 0) is 49.8 Å². The summed E-state index contributed by atoms with van der Waals surface area (Å²) in [6.45, 7) is 2.28. The molecule has 1 aromatic carbocycles. The highest BCUT2D eigenvalue weighted by molar-refractivity contribution is 9.10. The van der Waals surface area contributed by atoms with Crippen molar-refractivity contribution >= 4 is 27.0 Å². The van der Waals surface area contributed by atoms with E-state index in [2.05, 4.69) is 52.7 Å². The molecule has 0 saturated heterocycles. The van der Waals surface area contributed by atoms with E-state index in [1.807, 2.05) is 0 Å². The molecule has 0 radical (unpaired) electrons. The number of aryl methyl sites for hydroxylation is 1. The summed E-state index contributed by atoms with van der Waals surface area (Å²) in [5.41, 5.74) is 8.63. The fourth-order valence-corrected chi connectivity index (χ4v) is 3.79. The van der Waals surface area contributed by atoms with Crippen molar-refractivity contribution in [3.8, 4) is 0 Å². The number of nitrogens with two attached hydrogens (primary N) is 1. The van der Waals surface area contributed by atoms with Crippen molar-refractivity contribution < 1.29 is 0 Å². The fraction of sp³-hybridized carbons (Fsp3) is 0.562. The number of hydrogen-bond acceptors (Lipinski definition) is 2. The predicted octanol–water partition coefficient (Wildman–Crippen LogP) is 4.09. The van der Waals surface area contributed by atoms with Gasteiger partial charge in [0.05, 0.1) is 16.6 Å². The lowest BCUT2D eigenvalue weighted by molar-refractivity contribution is 0.219. The third-order valence-electron chi connectivity index (χ3n) is 4.86. The van der Waals surface area contributed by atoms with Crippen molar-refractivity contribution in [1.29, 1.82) is 0 Å². The van der Waals surface area contributed by atoms with E-state index in [1.165, 1.54) is 19.3 Å². The predicted molar refractivity (Wildman–Crippen MR) is 86.5 cm³/mol. The normalized spacial score (nSPS) is 27.1. The lowest BCUT2D eigenvalue weighted by atomic mass is 9.75.